The van der Waals surface area contributed by atoms with Crippen molar-refractivity contribution in [1.82, 2.24) is 5.32 Å². The number of hydrogen-bond acceptors (Lipinski definition) is 4. The van der Waals surface area contributed by atoms with E-state index in [1.807, 2.05) is 24.3 Å². The monoisotopic (exact) mass is 350 g/mol. The number of rotatable bonds is 9. The number of halogens is 1. The summed E-state index contributed by atoms with van der Waals surface area (Å²) in [5, 5.41) is 2.89. The molecule has 1 aromatic carbocycles. The van der Waals surface area contributed by atoms with E-state index in [-0.39, 0.29) is 30.4 Å². The molecule has 1 saturated carbocycles. The van der Waals surface area contributed by atoms with Gasteiger partial charge in [-0.3, -0.25) is 4.79 Å². The maximum Gasteiger partial charge on any atom is 0.223 e. The minimum atomic E-state index is 0.00303. The molecule has 0 atom stereocenters. The Morgan fingerprint density at radius 3 is 2.64 bits per heavy atom. The van der Waals surface area contributed by atoms with E-state index in [1.54, 1.807) is 7.11 Å². The maximum atomic E-state index is 12.5. The van der Waals surface area contributed by atoms with Gasteiger partial charge in [0, 0.05) is 31.7 Å². The molecule has 2 rings (SSSR count). The maximum absolute atomic E-state index is 12.5. The highest BCUT2D eigenvalue weighted by atomic mass is 19.1. The van der Waals surface area contributed by atoms with Crippen LogP contribution in [0.15, 0.2) is 36.2 Å². The van der Waals surface area contributed by atoms with E-state index in [9.17, 15) is 9.18 Å². The minimum absolute atomic E-state index is 0.00303. The van der Waals surface area contributed by atoms with Crippen LogP contribution in [0.2, 0.25) is 0 Å². The van der Waals surface area contributed by atoms with E-state index in [2.05, 4.69) is 12.2 Å². The molecule has 0 bridgehead atoms. The number of nitrogens with two attached hydrogens (primary N) is 1. The molecule has 1 aliphatic carbocycles. The standard InChI is InChI=1S/C19H27FN2O3/c1-19(9-15(10-19)18(23)22-7-8-24-2)16-3-5-17(6-4-16)25-13-14(11-20)12-21/h3-6,11,15H,7-10,12-13,21H2,1-2H3,(H,22,23)/b14-11+. The lowest BCUT2D eigenvalue weighted by atomic mass is 9.59. The summed E-state index contributed by atoms with van der Waals surface area (Å²) in [5.41, 5.74) is 7.00. The van der Waals surface area contributed by atoms with Crippen LogP contribution in [0.3, 0.4) is 0 Å². The van der Waals surface area contributed by atoms with E-state index in [4.69, 9.17) is 15.2 Å². The summed E-state index contributed by atoms with van der Waals surface area (Å²) in [6.07, 6.45) is 2.14. The molecule has 0 saturated heterocycles. The van der Waals surface area contributed by atoms with Crippen molar-refractivity contribution in [1.29, 1.82) is 0 Å². The predicted octanol–water partition coefficient (Wildman–Crippen LogP) is 2.31. The van der Waals surface area contributed by atoms with Gasteiger partial charge in [0.15, 0.2) is 0 Å². The lowest BCUT2D eigenvalue weighted by Gasteiger charge is -2.45. The number of carbonyl (C=O) groups is 1. The van der Waals surface area contributed by atoms with Crippen molar-refractivity contribution < 1.29 is 18.7 Å². The fourth-order valence-corrected chi connectivity index (χ4v) is 3.13. The average molecular weight is 350 g/mol. The van der Waals surface area contributed by atoms with Crippen LogP contribution in [0.1, 0.15) is 25.3 Å². The molecule has 1 aliphatic rings. The molecule has 0 heterocycles. The normalized spacial score (nSPS) is 23.0. The largest absolute Gasteiger partial charge is 0.489 e. The Balaban J connectivity index is 1.85. The molecule has 1 aromatic rings. The predicted molar refractivity (Wildman–Crippen MR) is 95.1 cm³/mol. The van der Waals surface area contributed by atoms with Crippen LogP contribution >= 0.6 is 0 Å². The zero-order valence-corrected chi connectivity index (χ0v) is 14.9. The van der Waals surface area contributed by atoms with Crippen molar-refractivity contribution in [2.24, 2.45) is 11.7 Å². The third-order valence-electron chi connectivity index (χ3n) is 4.76. The summed E-state index contributed by atoms with van der Waals surface area (Å²) < 4.78 is 22.9. The molecule has 138 valence electrons. The minimum Gasteiger partial charge on any atom is -0.489 e. The highest BCUT2D eigenvalue weighted by molar-refractivity contribution is 5.80. The molecular formula is C19H27FN2O3. The molecule has 3 N–H and O–H groups in total. The van der Waals surface area contributed by atoms with Crippen molar-refractivity contribution in [2.75, 3.05) is 33.4 Å². The Morgan fingerprint density at radius 2 is 2.08 bits per heavy atom. The molecule has 1 fully saturated rings. The highest BCUT2D eigenvalue weighted by Crippen LogP contribution is 2.47. The first kappa shape index (κ1) is 19.4. The number of carbonyl (C=O) groups excluding carboxylic acids is 1. The van der Waals surface area contributed by atoms with E-state index >= 15 is 0 Å². The molecule has 25 heavy (non-hydrogen) atoms. The number of nitrogens with one attached hydrogen (secondary N) is 1. The number of methoxy groups -OCH3 is 1. The Hall–Kier alpha value is -1.92. The van der Waals surface area contributed by atoms with Crippen LogP contribution in [0.5, 0.6) is 5.75 Å². The van der Waals surface area contributed by atoms with Gasteiger partial charge < -0.3 is 20.5 Å². The number of amides is 1. The summed E-state index contributed by atoms with van der Waals surface area (Å²) >= 11 is 0. The van der Waals surface area contributed by atoms with Gasteiger partial charge in [0.2, 0.25) is 5.91 Å². The fourth-order valence-electron chi connectivity index (χ4n) is 3.13. The second-order valence-corrected chi connectivity index (χ2v) is 6.73. The van der Waals surface area contributed by atoms with Crippen molar-refractivity contribution in [2.45, 2.75) is 25.2 Å². The lowest BCUT2D eigenvalue weighted by Crippen LogP contribution is -2.47. The van der Waals surface area contributed by atoms with Gasteiger partial charge in [-0.25, -0.2) is 4.39 Å². The van der Waals surface area contributed by atoms with Gasteiger partial charge in [-0.15, -0.1) is 0 Å². The summed E-state index contributed by atoms with van der Waals surface area (Å²) in [6.45, 7) is 3.53. The van der Waals surface area contributed by atoms with E-state index in [0.717, 1.165) is 12.8 Å². The van der Waals surface area contributed by atoms with E-state index < -0.39 is 0 Å². The fraction of sp³-hybridized carbons (Fsp3) is 0.526. The Kier molecular flexibility index (Phi) is 6.96. The summed E-state index contributed by atoms with van der Waals surface area (Å²) in [4.78, 5) is 12.0. The van der Waals surface area contributed by atoms with Crippen molar-refractivity contribution in [3.05, 3.63) is 41.7 Å². The van der Waals surface area contributed by atoms with Gasteiger partial charge in [0.1, 0.15) is 12.4 Å². The number of ether oxygens (including phenoxy) is 2. The van der Waals surface area contributed by atoms with Crippen molar-refractivity contribution >= 4 is 5.91 Å². The molecule has 0 radical (unpaired) electrons. The van der Waals surface area contributed by atoms with Crippen LogP contribution < -0.4 is 15.8 Å². The van der Waals surface area contributed by atoms with Gasteiger partial charge >= 0.3 is 0 Å². The second kappa shape index (κ2) is 8.97. The Bertz CT molecular complexity index is 595. The molecule has 0 unspecified atom stereocenters. The van der Waals surface area contributed by atoms with Crippen molar-refractivity contribution in [3.8, 4) is 5.75 Å². The van der Waals surface area contributed by atoms with Gasteiger partial charge in [0.05, 0.1) is 12.9 Å². The molecule has 0 aliphatic heterocycles. The molecule has 1 amide bonds. The first-order chi connectivity index (χ1) is 12.0. The first-order valence-electron chi connectivity index (χ1n) is 8.50. The lowest BCUT2D eigenvalue weighted by molar-refractivity contribution is -0.129. The van der Waals surface area contributed by atoms with Crippen LogP contribution in [0.25, 0.3) is 0 Å². The third-order valence-corrected chi connectivity index (χ3v) is 4.76. The van der Waals surface area contributed by atoms with E-state index in [1.165, 1.54) is 5.56 Å². The summed E-state index contributed by atoms with van der Waals surface area (Å²) in [5.74, 6) is 0.828. The van der Waals surface area contributed by atoms with Crippen LogP contribution in [-0.4, -0.2) is 39.3 Å². The zero-order chi connectivity index (χ0) is 18.3. The SMILES string of the molecule is COCCNC(=O)C1CC(C)(c2ccc(OC/C(=C/F)CN)cc2)C1. The number of benzene rings is 1. The van der Waals surface area contributed by atoms with Gasteiger partial charge in [-0.1, -0.05) is 19.1 Å². The quantitative estimate of drug-likeness (QED) is 0.670. The average Bonchev–Trinajstić information content (AvgIpc) is 2.60. The smallest absolute Gasteiger partial charge is 0.223 e. The first-order valence-corrected chi connectivity index (χ1v) is 8.50. The summed E-state index contributed by atoms with van der Waals surface area (Å²) in [6, 6.07) is 7.77. The topological polar surface area (TPSA) is 73.6 Å². The number of hydrogen-bond donors (Lipinski definition) is 2. The van der Waals surface area contributed by atoms with E-state index in [0.29, 0.717) is 30.8 Å². The molecule has 0 aromatic heterocycles. The third kappa shape index (κ3) is 5.03. The Labute approximate surface area is 148 Å². The van der Waals surface area contributed by atoms with Crippen LogP contribution in [-0.2, 0) is 14.9 Å². The molecule has 5 nitrogen and oxygen atoms in total. The van der Waals surface area contributed by atoms with Gasteiger partial charge in [-0.05, 0) is 36.0 Å². The zero-order valence-electron chi connectivity index (χ0n) is 14.9. The van der Waals surface area contributed by atoms with Gasteiger partial charge in [-0.2, -0.15) is 0 Å². The summed E-state index contributed by atoms with van der Waals surface area (Å²) in [7, 11) is 1.62. The molecule has 6 heteroatoms. The van der Waals surface area contributed by atoms with Crippen LogP contribution in [0.4, 0.5) is 4.39 Å². The highest BCUT2D eigenvalue weighted by Gasteiger charge is 2.44. The second-order valence-electron chi connectivity index (χ2n) is 6.73. The molecule has 0 spiro atoms. The van der Waals surface area contributed by atoms with Crippen molar-refractivity contribution in [3.63, 3.8) is 0 Å². The van der Waals surface area contributed by atoms with Gasteiger partial charge in [0.25, 0.3) is 0 Å². The Morgan fingerprint density at radius 1 is 1.40 bits per heavy atom. The molecular weight excluding hydrogens is 323 g/mol. The van der Waals surface area contributed by atoms with Crippen LogP contribution in [0, 0.1) is 5.92 Å².